The molecule has 0 spiro atoms. The van der Waals surface area contributed by atoms with Crippen LogP contribution < -0.4 is 0 Å². The van der Waals surface area contributed by atoms with Gasteiger partial charge in [0.2, 0.25) is 0 Å². The molecule has 0 aliphatic rings. The number of hydrogen-bond donors (Lipinski definition) is 1. The first kappa shape index (κ1) is 13.2. The fourth-order valence-electron chi connectivity index (χ4n) is 1.98. The van der Waals surface area contributed by atoms with E-state index in [1.807, 2.05) is 18.2 Å². The van der Waals surface area contributed by atoms with Crippen molar-refractivity contribution in [1.29, 1.82) is 0 Å². The number of nitrogens with zero attached hydrogens (tertiary/aromatic N) is 2. The average Bonchev–Trinajstić information content (AvgIpc) is 3.06. The molecule has 3 aromatic rings. The molecule has 0 fully saturated rings. The number of aromatic nitrogens is 3. The van der Waals surface area contributed by atoms with Gasteiger partial charge in [0.15, 0.2) is 0 Å². The molecule has 4 nitrogen and oxygen atoms in total. The van der Waals surface area contributed by atoms with Crippen LogP contribution in [-0.4, -0.2) is 15.2 Å². The van der Waals surface area contributed by atoms with Gasteiger partial charge in [0.05, 0.1) is 10.7 Å². The first-order chi connectivity index (χ1) is 9.76. The number of thiazole rings is 1. The van der Waals surface area contributed by atoms with E-state index in [2.05, 4.69) is 34.2 Å². The SMILES string of the molecule is CCc1nc(Cc2ccccc2)sc1-c1n[nH]c(=S)o1. The number of H-pyrrole nitrogens is 1. The summed E-state index contributed by atoms with van der Waals surface area (Å²) in [4.78, 5) is 5.94. The van der Waals surface area contributed by atoms with Crippen LogP contribution in [0.1, 0.15) is 23.2 Å². The molecule has 20 heavy (non-hydrogen) atoms. The number of nitrogens with one attached hydrogen (secondary N) is 1. The number of benzene rings is 1. The lowest BCUT2D eigenvalue weighted by atomic mass is 10.2. The quantitative estimate of drug-likeness (QED) is 0.740. The normalized spacial score (nSPS) is 10.8. The van der Waals surface area contributed by atoms with Gasteiger partial charge in [0.1, 0.15) is 4.88 Å². The van der Waals surface area contributed by atoms with Gasteiger partial charge in [0, 0.05) is 6.42 Å². The summed E-state index contributed by atoms with van der Waals surface area (Å²) in [7, 11) is 0. The van der Waals surface area contributed by atoms with Crippen LogP contribution in [0.4, 0.5) is 0 Å². The Kier molecular flexibility index (Phi) is 3.75. The molecule has 0 aliphatic carbocycles. The largest absolute Gasteiger partial charge is 0.408 e. The van der Waals surface area contributed by atoms with Crippen LogP contribution in [0.15, 0.2) is 34.7 Å². The van der Waals surface area contributed by atoms with E-state index in [1.165, 1.54) is 5.56 Å². The Morgan fingerprint density at radius 1 is 1.30 bits per heavy atom. The third-order valence-corrected chi connectivity index (χ3v) is 4.17. The van der Waals surface area contributed by atoms with Crippen LogP contribution in [0.5, 0.6) is 0 Å². The lowest BCUT2D eigenvalue weighted by Crippen LogP contribution is -1.88. The Morgan fingerprint density at radius 3 is 2.75 bits per heavy atom. The first-order valence-electron chi connectivity index (χ1n) is 6.34. The highest BCUT2D eigenvalue weighted by atomic mass is 32.1. The monoisotopic (exact) mass is 303 g/mol. The van der Waals surface area contributed by atoms with Crippen LogP contribution >= 0.6 is 23.6 Å². The molecule has 0 bridgehead atoms. The van der Waals surface area contributed by atoms with Crippen molar-refractivity contribution in [2.75, 3.05) is 0 Å². The predicted octanol–water partition coefficient (Wildman–Crippen LogP) is 4.01. The minimum absolute atomic E-state index is 0.292. The molecule has 6 heteroatoms. The van der Waals surface area contributed by atoms with Crippen molar-refractivity contribution in [2.24, 2.45) is 0 Å². The lowest BCUT2D eigenvalue weighted by molar-refractivity contribution is 0.552. The lowest BCUT2D eigenvalue weighted by Gasteiger charge is -1.95. The Bertz CT molecular complexity index is 758. The van der Waals surface area contributed by atoms with Crippen molar-refractivity contribution in [3.05, 3.63) is 51.4 Å². The molecule has 2 aromatic heterocycles. The summed E-state index contributed by atoms with van der Waals surface area (Å²) in [5.41, 5.74) is 2.25. The van der Waals surface area contributed by atoms with Gasteiger partial charge in [-0.1, -0.05) is 37.3 Å². The topological polar surface area (TPSA) is 54.7 Å². The fraction of sp³-hybridized carbons (Fsp3) is 0.214. The number of aryl methyl sites for hydroxylation is 1. The maximum atomic E-state index is 5.39. The zero-order valence-electron chi connectivity index (χ0n) is 10.9. The minimum Gasteiger partial charge on any atom is -0.408 e. The molecule has 1 N–H and O–H groups in total. The van der Waals surface area contributed by atoms with Crippen molar-refractivity contribution in [2.45, 2.75) is 19.8 Å². The third-order valence-electron chi connectivity index (χ3n) is 2.91. The van der Waals surface area contributed by atoms with Gasteiger partial charge in [-0.25, -0.2) is 10.1 Å². The zero-order valence-corrected chi connectivity index (χ0v) is 12.6. The highest BCUT2D eigenvalue weighted by molar-refractivity contribution is 7.71. The zero-order chi connectivity index (χ0) is 13.9. The molecule has 1 aromatic carbocycles. The average molecular weight is 303 g/mol. The second-order valence-corrected chi connectivity index (χ2v) is 5.77. The van der Waals surface area contributed by atoms with Gasteiger partial charge in [-0.3, -0.25) is 0 Å². The summed E-state index contributed by atoms with van der Waals surface area (Å²) in [5.74, 6) is 0.531. The molecule has 0 atom stereocenters. The Hall–Kier alpha value is -1.79. The van der Waals surface area contributed by atoms with Gasteiger partial charge in [-0.15, -0.1) is 16.4 Å². The molecule has 2 heterocycles. The number of aromatic amines is 1. The van der Waals surface area contributed by atoms with Crippen LogP contribution in [0, 0.1) is 4.84 Å². The van der Waals surface area contributed by atoms with Gasteiger partial charge < -0.3 is 4.42 Å². The van der Waals surface area contributed by atoms with Crippen molar-refractivity contribution >= 4 is 23.6 Å². The van der Waals surface area contributed by atoms with Gasteiger partial charge in [-0.2, -0.15) is 0 Å². The Morgan fingerprint density at radius 2 is 2.10 bits per heavy atom. The van der Waals surface area contributed by atoms with E-state index < -0.39 is 0 Å². The van der Waals surface area contributed by atoms with Gasteiger partial charge >= 0.3 is 0 Å². The van der Waals surface area contributed by atoms with E-state index in [0.29, 0.717) is 10.7 Å². The highest BCUT2D eigenvalue weighted by Crippen LogP contribution is 2.30. The molecule has 0 saturated carbocycles. The Labute approximate surface area is 125 Å². The van der Waals surface area contributed by atoms with E-state index in [9.17, 15) is 0 Å². The first-order valence-corrected chi connectivity index (χ1v) is 7.57. The summed E-state index contributed by atoms with van der Waals surface area (Å²) in [6.45, 7) is 2.08. The molecule has 0 saturated heterocycles. The van der Waals surface area contributed by atoms with E-state index >= 15 is 0 Å². The molecule has 3 rings (SSSR count). The summed E-state index contributed by atoms with van der Waals surface area (Å²) < 4.78 is 5.39. The third kappa shape index (κ3) is 2.71. The van der Waals surface area contributed by atoms with Gasteiger partial charge in [-0.05, 0) is 24.2 Å². The molecule has 0 radical (unpaired) electrons. The van der Waals surface area contributed by atoms with E-state index in [-0.39, 0.29) is 0 Å². The van der Waals surface area contributed by atoms with Crippen LogP contribution in [0.25, 0.3) is 10.8 Å². The van der Waals surface area contributed by atoms with E-state index in [0.717, 1.165) is 28.4 Å². The standard InChI is InChI=1S/C14H13N3OS2/c1-2-10-12(13-16-17-14(19)18-13)20-11(15-10)8-9-6-4-3-5-7-9/h3-7H,2,8H2,1H3,(H,17,19). The van der Waals surface area contributed by atoms with Crippen molar-refractivity contribution in [1.82, 2.24) is 15.2 Å². The molecule has 0 amide bonds. The highest BCUT2D eigenvalue weighted by Gasteiger charge is 2.16. The molecule has 0 unspecified atom stereocenters. The number of rotatable bonds is 4. The summed E-state index contributed by atoms with van der Waals surface area (Å²) >= 11 is 6.54. The second-order valence-electron chi connectivity index (χ2n) is 4.32. The smallest absolute Gasteiger partial charge is 0.284 e. The second kappa shape index (κ2) is 5.68. The fourth-order valence-corrected chi connectivity index (χ4v) is 3.22. The predicted molar refractivity (Wildman–Crippen MR) is 81.4 cm³/mol. The molecular formula is C14H13N3OS2. The molecule has 102 valence electrons. The van der Waals surface area contributed by atoms with E-state index in [1.54, 1.807) is 11.3 Å². The number of hydrogen-bond acceptors (Lipinski definition) is 5. The maximum Gasteiger partial charge on any atom is 0.284 e. The van der Waals surface area contributed by atoms with Crippen LogP contribution in [-0.2, 0) is 12.8 Å². The maximum absolute atomic E-state index is 5.39. The summed E-state index contributed by atoms with van der Waals surface area (Å²) in [6, 6.07) is 10.3. The van der Waals surface area contributed by atoms with Crippen LogP contribution in [0.2, 0.25) is 0 Å². The van der Waals surface area contributed by atoms with Crippen LogP contribution in [0.3, 0.4) is 0 Å². The Balaban J connectivity index is 1.94. The van der Waals surface area contributed by atoms with Gasteiger partial charge in [0.25, 0.3) is 10.7 Å². The summed E-state index contributed by atoms with van der Waals surface area (Å²) in [6.07, 6.45) is 1.67. The van der Waals surface area contributed by atoms with Crippen molar-refractivity contribution < 1.29 is 4.42 Å². The molecule has 0 aliphatic heterocycles. The summed E-state index contributed by atoms with van der Waals surface area (Å²) in [5, 5.41) is 7.81. The van der Waals surface area contributed by atoms with E-state index in [4.69, 9.17) is 16.6 Å². The van der Waals surface area contributed by atoms with Crippen molar-refractivity contribution in [3.8, 4) is 10.8 Å². The molecular weight excluding hydrogens is 290 g/mol. The minimum atomic E-state index is 0.292. The van der Waals surface area contributed by atoms with Crippen molar-refractivity contribution in [3.63, 3.8) is 0 Å².